The van der Waals surface area contributed by atoms with Crippen LogP contribution in [0.4, 0.5) is 0 Å². The van der Waals surface area contributed by atoms with Crippen molar-refractivity contribution in [2.45, 2.75) is 26.1 Å². The molecular weight excluding hydrogens is 372 g/mol. The molecule has 1 fully saturated rings. The van der Waals surface area contributed by atoms with Crippen molar-refractivity contribution < 1.29 is 14.3 Å². The number of esters is 1. The van der Waals surface area contributed by atoms with Crippen LogP contribution in [-0.2, 0) is 21.1 Å². The van der Waals surface area contributed by atoms with Gasteiger partial charge in [0.2, 0.25) is 5.91 Å². The highest BCUT2D eigenvalue weighted by atomic mass is 16.5. The Bertz CT molecular complexity index is 1110. The van der Waals surface area contributed by atoms with Gasteiger partial charge in [0.25, 0.3) is 5.56 Å². The Hall–Kier alpha value is -3.55. The lowest BCUT2D eigenvalue weighted by atomic mass is 10.1. The Balaban J connectivity index is 1.41. The van der Waals surface area contributed by atoms with Crippen LogP contribution in [0.25, 0.3) is 10.9 Å². The van der Waals surface area contributed by atoms with E-state index in [1.54, 1.807) is 29.2 Å². The number of nitrogens with zero attached hydrogens (tertiary/aromatic N) is 4. The molecule has 0 aliphatic carbocycles. The molecule has 2 aromatic carbocycles. The van der Waals surface area contributed by atoms with E-state index in [0.717, 1.165) is 10.2 Å². The maximum Gasteiger partial charge on any atom is 0.313 e. The number of carbonyl (C=O) groups is 2. The molecule has 0 bridgehead atoms. The molecule has 1 aromatic heterocycles. The van der Waals surface area contributed by atoms with Crippen molar-refractivity contribution >= 4 is 22.8 Å². The van der Waals surface area contributed by atoms with E-state index in [9.17, 15) is 14.4 Å². The van der Waals surface area contributed by atoms with E-state index in [1.165, 1.54) is 0 Å². The van der Waals surface area contributed by atoms with E-state index < -0.39 is 11.9 Å². The predicted octanol–water partition coefficient (Wildman–Crippen LogP) is 1.90. The Morgan fingerprint density at radius 3 is 2.66 bits per heavy atom. The summed E-state index contributed by atoms with van der Waals surface area (Å²) in [5.74, 6) is -1.19. The molecule has 1 saturated heterocycles. The van der Waals surface area contributed by atoms with E-state index in [0.29, 0.717) is 10.9 Å². The molecule has 29 heavy (non-hydrogen) atoms. The molecular formula is C21H20N4O4. The lowest BCUT2D eigenvalue weighted by Gasteiger charge is -2.25. The van der Waals surface area contributed by atoms with Crippen molar-refractivity contribution in [3.63, 3.8) is 0 Å². The first-order valence-corrected chi connectivity index (χ1v) is 9.38. The number of fused-ring (bicyclic) bond motifs is 1. The second kappa shape index (κ2) is 7.83. The van der Waals surface area contributed by atoms with Gasteiger partial charge in [0.15, 0.2) is 6.73 Å². The smallest absolute Gasteiger partial charge is 0.313 e. The molecule has 148 valence electrons. The summed E-state index contributed by atoms with van der Waals surface area (Å²) >= 11 is 0. The quantitative estimate of drug-likeness (QED) is 0.616. The van der Waals surface area contributed by atoms with Gasteiger partial charge in [0.05, 0.1) is 17.3 Å². The number of carbonyl (C=O) groups excluding carboxylic acids is 2. The molecule has 0 unspecified atom stereocenters. The summed E-state index contributed by atoms with van der Waals surface area (Å²) in [6.45, 7) is 1.88. The molecule has 0 saturated carbocycles. The van der Waals surface area contributed by atoms with Crippen LogP contribution in [0.3, 0.4) is 0 Å². The first-order valence-electron chi connectivity index (χ1n) is 9.38. The van der Waals surface area contributed by atoms with Gasteiger partial charge in [-0.1, -0.05) is 47.7 Å². The summed E-state index contributed by atoms with van der Waals surface area (Å²) in [7, 11) is 0. The van der Waals surface area contributed by atoms with Gasteiger partial charge in [-0.3, -0.25) is 14.4 Å². The van der Waals surface area contributed by atoms with Crippen molar-refractivity contribution in [1.82, 2.24) is 19.9 Å². The number of benzene rings is 2. The van der Waals surface area contributed by atoms with Crippen LogP contribution in [0.1, 0.15) is 24.9 Å². The Morgan fingerprint density at radius 1 is 1.14 bits per heavy atom. The lowest BCUT2D eigenvalue weighted by molar-refractivity contribution is -0.152. The molecule has 4 rings (SSSR count). The fraction of sp³-hybridized carbons (Fsp3) is 0.286. The fourth-order valence-electron chi connectivity index (χ4n) is 3.53. The van der Waals surface area contributed by atoms with E-state index in [-0.39, 0.29) is 37.2 Å². The molecule has 0 N–H and O–H groups in total. The molecule has 0 radical (unpaired) electrons. The van der Waals surface area contributed by atoms with Crippen LogP contribution in [-0.4, -0.2) is 38.3 Å². The van der Waals surface area contributed by atoms with Gasteiger partial charge in [0.1, 0.15) is 5.52 Å². The molecule has 0 spiro atoms. The number of ether oxygens (including phenoxy) is 1. The summed E-state index contributed by atoms with van der Waals surface area (Å²) in [6, 6.07) is 16.4. The van der Waals surface area contributed by atoms with Crippen molar-refractivity contribution in [1.29, 1.82) is 0 Å². The lowest BCUT2D eigenvalue weighted by Crippen LogP contribution is -2.31. The zero-order valence-corrected chi connectivity index (χ0v) is 15.9. The second-order valence-electron chi connectivity index (χ2n) is 7.04. The standard InChI is InChI=1S/C21H20N4O4/c1-14(15-7-3-2-4-8-15)24-12-16(11-19(24)26)21(28)29-13-25-20(27)17-9-5-6-10-18(17)22-23-25/h2-10,14,16H,11-13H2,1H3/t14-,16+/m0/s1. The third kappa shape index (κ3) is 3.73. The highest BCUT2D eigenvalue weighted by molar-refractivity contribution is 5.87. The van der Waals surface area contributed by atoms with Gasteiger partial charge in [-0.15, -0.1) is 5.10 Å². The van der Waals surface area contributed by atoms with Crippen molar-refractivity contribution in [2.24, 2.45) is 5.92 Å². The van der Waals surface area contributed by atoms with Crippen LogP contribution >= 0.6 is 0 Å². The van der Waals surface area contributed by atoms with Gasteiger partial charge in [-0.05, 0) is 24.6 Å². The minimum absolute atomic E-state index is 0.0916. The first-order chi connectivity index (χ1) is 14.0. The van der Waals surface area contributed by atoms with Gasteiger partial charge >= 0.3 is 5.97 Å². The average Bonchev–Trinajstić information content (AvgIpc) is 3.15. The summed E-state index contributed by atoms with van der Waals surface area (Å²) in [4.78, 5) is 39.0. The van der Waals surface area contributed by atoms with Crippen LogP contribution in [0.2, 0.25) is 0 Å². The Labute approximate surface area is 166 Å². The van der Waals surface area contributed by atoms with Crippen molar-refractivity contribution in [3.8, 4) is 0 Å². The summed E-state index contributed by atoms with van der Waals surface area (Å²) in [5, 5.41) is 8.16. The Kier molecular flexibility index (Phi) is 5.07. The third-order valence-corrected chi connectivity index (χ3v) is 5.20. The number of likely N-dealkylation sites (tertiary alicyclic amines) is 1. The number of amides is 1. The minimum atomic E-state index is -0.572. The van der Waals surface area contributed by atoms with E-state index >= 15 is 0 Å². The molecule has 8 nitrogen and oxygen atoms in total. The van der Waals surface area contributed by atoms with Crippen molar-refractivity contribution in [3.05, 3.63) is 70.5 Å². The topological polar surface area (TPSA) is 94.4 Å². The normalized spacial score (nSPS) is 17.5. The van der Waals surface area contributed by atoms with E-state index in [4.69, 9.17) is 4.74 Å². The van der Waals surface area contributed by atoms with Gasteiger partial charge in [0, 0.05) is 13.0 Å². The minimum Gasteiger partial charge on any atom is -0.442 e. The SMILES string of the molecule is C[C@@H](c1ccccc1)N1C[C@H](C(=O)OCn2nnc3ccccc3c2=O)CC1=O. The summed E-state index contributed by atoms with van der Waals surface area (Å²) < 4.78 is 6.27. The molecule has 1 aliphatic rings. The number of aromatic nitrogens is 3. The zero-order valence-electron chi connectivity index (χ0n) is 15.9. The summed E-state index contributed by atoms with van der Waals surface area (Å²) in [6.07, 6.45) is 0.0916. The first kappa shape index (κ1) is 18.8. The largest absolute Gasteiger partial charge is 0.442 e. The number of rotatable bonds is 5. The van der Waals surface area contributed by atoms with Crippen LogP contribution in [0.15, 0.2) is 59.4 Å². The number of hydrogen-bond donors (Lipinski definition) is 0. The molecule has 2 atom stereocenters. The monoisotopic (exact) mass is 392 g/mol. The van der Waals surface area contributed by atoms with Gasteiger partial charge < -0.3 is 9.64 Å². The predicted molar refractivity (Wildman–Crippen MR) is 105 cm³/mol. The highest BCUT2D eigenvalue weighted by Gasteiger charge is 2.38. The Morgan fingerprint density at radius 2 is 1.86 bits per heavy atom. The van der Waals surface area contributed by atoms with Crippen LogP contribution < -0.4 is 5.56 Å². The maximum atomic E-state index is 12.5. The molecule has 2 heterocycles. The number of hydrogen-bond acceptors (Lipinski definition) is 6. The zero-order chi connectivity index (χ0) is 20.4. The van der Waals surface area contributed by atoms with Crippen LogP contribution in [0.5, 0.6) is 0 Å². The maximum absolute atomic E-state index is 12.5. The van der Waals surface area contributed by atoms with E-state index in [1.807, 2.05) is 37.3 Å². The molecule has 1 aliphatic heterocycles. The van der Waals surface area contributed by atoms with Gasteiger partial charge in [-0.25, -0.2) is 0 Å². The van der Waals surface area contributed by atoms with E-state index in [2.05, 4.69) is 10.3 Å². The molecule has 8 heteroatoms. The van der Waals surface area contributed by atoms with Crippen molar-refractivity contribution in [2.75, 3.05) is 6.54 Å². The second-order valence-corrected chi connectivity index (χ2v) is 7.04. The molecule has 3 aromatic rings. The highest BCUT2D eigenvalue weighted by Crippen LogP contribution is 2.29. The third-order valence-electron chi connectivity index (χ3n) is 5.20. The van der Waals surface area contributed by atoms with Crippen LogP contribution in [0, 0.1) is 5.92 Å². The van der Waals surface area contributed by atoms with Gasteiger partial charge in [-0.2, -0.15) is 4.68 Å². The fourth-order valence-corrected chi connectivity index (χ4v) is 3.53. The summed E-state index contributed by atoms with van der Waals surface area (Å²) in [5.41, 5.74) is 1.10. The molecule has 1 amide bonds. The average molecular weight is 392 g/mol.